The van der Waals surface area contributed by atoms with Crippen LogP contribution >= 0.6 is 0 Å². The number of aromatic nitrogens is 2. The van der Waals surface area contributed by atoms with E-state index in [4.69, 9.17) is 14.0 Å². The summed E-state index contributed by atoms with van der Waals surface area (Å²) in [7, 11) is 1.54. The van der Waals surface area contributed by atoms with E-state index in [0.717, 1.165) is 44.5 Å². The van der Waals surface area contributed by atoms with Crippen LogP contribution in [0.5, 0.6) is 5.75 Å². The first-order valence-electron chi connectivity index (χ1n) is 18.3. The van der Waals surface area contributed by atoms with Gasteiger partial charge in [0.25, 0.3) is 0 Å². The molecule has 6 rings (SSSR count). The number of hydrogen-bond donors (Lipinski definition) is 3. The number of hydrogen-bond acceptors (Lipinski definition) is 9. The van der Waals surface area contributed by atoms with Crippen LogP contribution in [0.1, 0.15) is 84.4 Å². The van der Waals surface area contributed by atoms with Gasteiger partial charge in [-0.05, 0) is 86.6 Å². The molecular weight excluding hydrogens is 699 g/mol. The Hall–Kier alpha value is -6.17. The molecule has 2 atom stereocenters. The predicted octanol–water partition coefficient (Wildman–Crippen LogP) is 7.50. The summed E-state index contributed by atoms with van der Waals surface area (Å²) in [6, 6.07) is 26.6. The number of nitrogens with one attached hydrogen (secondary N) is 2. The summed E-state index contributed by atoms with van der Waals surface area (Å²) in [5.74, 6) is 0.158. The molecule has 0 spiro atoms. The maximum atomic E-state index is 14.6. The quantitative estimate of drug-likeness (QED) is 0.118. The molecule has 0 saturated carbocycles. The maximum Gasteiger partial charge on any atom is 0.411 e. The molecule has 1 heterocycles. The second-order valence-corrected chi connectivity index (χ2v) is 14.8. The molecule has 3 N–H and O–H groups in total. The van der Waals surface area contributed by atoms with Gasteiger partial charge in [-0.1, -0.05) is 84.0 Å². The topological polar surface area (TPSA) is 156 Å². The lowest BCUT2D eigenvalue weighted by molar-refractivity contribution is -0.126. The van der Waals surface area contributed by atoms with Crippen molar-refractivity contribution in [3.8, 4) is 16.9 Å². The van der Waals surface area contributed by atoms with E-state index in [1.165, 1.54) is 11.9 Å². The highest BCUT2D eigenvalue weighted by atomic mass is 16.6. The van der Waals surface area contributed by atoms with Crippen LogP contribution in [-0.4, -0.2) is 63.5 Å². The minimum absolute atomic E-state index is 0.103. The number of amides is 3. The number of rotatable bonds is 12. The SMILES string of the molecule is Cc1cc(O)cc(C)c1C[C@@H](C(=O)N[C@@H](CCNC(=O)OC(C)(C)C)c1nc(Cc2ccccc2)no1)N(C)C(=O)OC1c2ccccc2-c2ccccc21. The Labute approximate surface area is 320 Å². The summed E-state index contributed by atoms with van der Waals surface area (Å²) in [6.07, 6.45) is -1.29. The average Bonchev–Trinajstić information content (AvgIpc) is 3.73. The molecule has 0 unspecified atom stereocenters. The van der Waals surface area contributed by atoms with Crippen molar-refractivity contribution in [3.05, 3.63) is 136 Å². The van der Waals surface area contributed by atoms with Crippen molar-refractivity contribution in [1.82, 2.24) is 25.7 Å². The number of benzene rings is 4. The third kappa shape index (κ3) is 9.32. The molecule has 0 fully saturated rings. The highest BCUT2D eigenvalue weighted by Gasteiger charge is 2.36. The fourth-order valence-electron chi connectivity index (χ4n) is 6.86. The van der Waals surface area contributed by atoms with Gasteiger partial charge in [-0.15, -0.1) is 0 Å². The van der Waals surface area contributed by atoms with Crippen molar-refractivity contribution in [2.45, 2.75) is 77.7 Å². The molecule has 0 aliphatic heterocycles. The zero-order valence-corrected chi connectivity index (χ0v) is 32.0. The standard InChI is InChI=1S/C43H47N5O7/c1-26-22-29(49)23-27(2)34(26)25-36(48(6)42(52)53-38-32-18-12-10-16-30(32)31-17-11-13-19-33(31)38)39(50)45-35(20-21-44-41(51)54-43(3,4)5)40-46-37(47-55-40)24-28-14-8-7-9-15-28/h7-19,22-23,35-36,38,49H,20-21,24-25H2,1-6H3,(H,44,51)(H,45,50)/t35-,36-/m0/s1. The number of phenolic OH excluding ortho intramolecular Hbond substituents is 1. The Morgan fingerprint density at radius 1 is 0.909 bits per heavy atom. The number of nitrogens with zero attached hydrogens (tertiary/aromatic N) is 3. The van der Waals surface area contributed by atoms with Crippen molar-refractivity contribution in [1.29, 1.82) is 0 Å². The largest absolute Gasteiger partial charge is 0.508 e. The summed E-state index contributed by atoms with van der Waals surface area (Å²) in [6.45, 7) is 9.11. The predicted molar refractivity (Wildman–Crippen MR) is 206 cm³/mol. The molecule has 5 aromatic rings. The normalized spacial score (nSPS) is 13.3. The van der Waals surface area contributed by atoms with Gasteiger partial charge in [0.05, 0.1) is 0 Å². The highest BCUT2D eigenvalue weighted by molar-refractivity contribution is 5.87. The van der Waals surface area contributed by atoms with E-state index in [0.29, 0.717) is 12.2 Å². The van der Waals surface area contributed by atoms with E-state index in [2.05, 4.69) is 20.8 Å². The summed E-state index contributed by atoms with van der Waals surface area (Å²) in [5.41, 5.74) is 6.28. The van der Waals surface area contributed by atoms with Gasteiger partial charge in [-0.2, -0.15) is 4.98 Å². The first-order chi connectivity index (χ1) is 26.3. The number of carbonyl (C=O) groups excluding carboxylic acids is 3. The van der Waals surface area contributed by atoms with E-state index in [1.807, 2.05) is 92.7 Å². The molecule has 3 amide bonds. The number of aryl methyl sites for hydroxylation is 2. The number of alkyl carbamates (subject to hydrolysis) is 1. The molecular formula is C43H47N5O7. The Kier molecular flexibility index (Phi) is 11.5. The molecule has 12 heteroatoms. The van der Waals surface area contributed by atoms with Crippen LogP contribution in [-0.2, 0) is 27.1 Å². The monoisotopic (exact) mass is 745 g/mol. The lowest BCUT2D eigenvalue weighted by atomic mass is 9.95. The van der Waals surface area contributed by atoms with E-state index < -0.39 is 41.9 Å². The first kappa shape index (κ1) is 38.6. The molecule has 12 nitrogen and oxygen atoms in total. The van der Waals surface area contributed by atoms with Crippen molar-refractivity contribution in [3.63, 3.8) is 0 Å². The Morgan fingerprint density at radius 2 is 1.51 bits per heavy atom. The number of ether oxygens (including phenoxy) is 2. The average molecular weight is 746 g/mol. The zero-order valence-electron chi connectivity index (χ0n) is 32.0. The summed E-state index contributed by atoms with van der Waals surface area (Å²) in [5, 5.41) is 20.2. The Morgan fingerprint density at radius 3 is 2.13 bits per heavy atom. The van der Waals surface area contributed by atoms with Crippen LogP contribution in [0.15, 0.2) is 95.5 Å². The van der Waals surface area contributed by atoms with Crippen molar-refractivity contribution in [2.24, 2.45) is 0 Å². The van der Waals surface area contributed by atoms with E-state index in [-0.39, 0.29) is 31.0 Å². The van der Waals surface area contributed by atoms with E-state index >= 15 is 0 Å². The number of phenols is 1. The van der Waals surface area contributed by atoms with Gasteiger partial charge in [0, 0.05) is 37.6 Å². The zero-order chi connectivity index (χ0) is 39.3. The molecule has 1 aliphatic rings. The van der Waals surface area contributed by atoms with E-state index in [1.54, 1.807) is 32.9 Å². The second kappa shape index (κ2) is 16.5. The van der Waals surface area contributed by atoms with Crippen LogP contribution in [0.4, 0.5) is 9.59 Å². The third-order valence-electron chi connectivity index (χ3n) is 9.54. The van der Waals surface area contributed by atoms with Gasteiger partial charge in [0.2, 0.25) is 11.8 Å². The maximum absolute atomic E-state index is 14.6. The van der Waals surface area contributed by atoms with Crippen molar-refractivity contribution >= 4 is 18.1 Å². The smallest absolute Gasteiger partial charge is 0.411 e. The first-order valence-corrected chi connectivity index (χ1v) is 18.3. The van der Waals surface area contributed by atoms with Gasteiger partial charge in [-0.3, -0.25) is 9.69 Å². The van der Waals surface area contributed by atoms with Gasteiger partial charge in [0.15, 0.2) is 11.9 Å². The highest BCUT2D eigenvalue weighted by Crippen LogP contribution is 2.45. The fraction of sp³-hybridized carbons (Fsp3) is 0.326. The molecule has 55 heavy (non-hydrogen) atoms. The molecule has 0 bridgehead atoms. The molecule has 0 saturated heterocycles. The number of carbonyl (C=O) groups is 3. The summed E-state index contributed by atoms with van der Waals surface area (Å²) < 4.78 is 17.3. The minimum Gasteiger partial charge on any atom is -0.508 e. The van der Waals surface area contributed by atoms with Gasteiger partial charge >= 0.3 is 12.2 Å². The third-order valence-corrected chi connectivity index (χ3v) is 9.54. The number of fused-ring (bicyclic) bond motifs is 3. The molecule has 0 radical (unpaired) electrons. The van der Waals surface area contributed by atoms with Crippen molar-refractivity contribution < 1.29 is 33.5 Å². The van der Waals surface area contributed by atoms with Crippen LogP contribution < -0.4 is 10.6 Å². The van der Waals surface area contributed by atoms with Gasteiger partial charge < -0.3 is 29.7 Å². The minimum atomic E-state index is -1.07. The molecule has 1 aliphatic carbocycles. The van der Waals surface area contributed by atoms with Crippen LogP contribution in [0.2, 0.25) is 0 Å². The van der Waals surface area contributed by atoms with E-state index in [9.17, 15) is 19.5 Å². The van der Waals surface area contributed by atoms with Gasteiger partial charge in [-0.25, -0.2) is 9.59 Å². The van der Waals surface area contributed by atoms with Crippen molar-refractivity contribution in [2.75, 3.05) is 13.6 Å². The lowest BCUT2D eigenvalue weighted by Gasteiger charge is -2.30. The summed E-state index contributed by atoms with van der Waals surface area (Å²) in [4.78, 5) is 47.2. The molecule has 1 aromatic heterocycles. The Bertz CT molecular complexity index is 2090. The number of likely N-dealkylation sites (N-methyl/N-ethyl adjacent to an activating group) is 1. The number of aromatic hydroxyl groups is 1. The summed E-state index contributed by atoms with van der Waals surface area (Å²) >= 11 is 0. The molecule has 286 valence electrons. The van der Waals surface area contributed by atoms with Crippen LogP contribution in [0.3, 0.4) is 0 Å². The Balaban J connectivity index is 1.28. The van der Waals surface area contributed by atoms with Gasteiger partial charge in [0.1, 0.15) is 23.4 Å². The second-order valence-electron chi connectivity index (χ2n) is 14.8. The lowest BCUT2D eigenvalue weighted by Crippen LogP contribution is -2.50. The molecule has 4 aromatic carbocycles. The van der Waals surface area contributed by atoms with Crippen LogP contribution in [0, 0.1) is 13.8 Å². The van der Waals surface area contributed by atoms with Crippen LogP contribution in [0.25, 0.3) is 11.1 Å². The fourth-order valence-corrected chi connectivity index (χ4v) is 6.86.